The number of nitrogens with zero attached hydrogens (tertiary/aromatic N) is 3. The fraction of sp³-hybridized carbons (Fsp3) is 0. The van der Waals surface area contributed by atoms with Gasteiger partial charge < -0.3 is 20.2 Å². The maximum Gasteiger partial charge on any atom is 0.267 e. The zero-order valence-corrected chi connectivity index (χ0v) is 24.1. The largest absolute Gasteiger partial charge is 0.438 e. The van der Waals surface area contributed by atoms with Crippen molar-refractivity contribution in [1.29, 1.82) is 0 Å². The van der Waals surface area contributed by atoms with Crippen LogP contribution in [0.2, 0.25) is 0 Å². The maximum absolute atomic E-state index is 13.4. The molecule has 0 aliphatic heterocycles. The Balaban J connectivity index is 1.17. The van der Waals surface area contributed by atoms with E-state index in [9.17, 15) is 14.0 Å². The highest BCUT2D eigenvalue weighted by atomic mass is 32.1. The first-order valence-corrected chi connectivity index (χ1v) is 14.6. The summed E-state index contributed by atoms with van der Waals surface area (Å²) in [5, 5.41) is 7.28. The molecule has 3 aromatic carbocycles. The number of aromatic nitrogens is 3. The monoisotopic (exact) mass is 615 g/mol. The average molecular weight is 616 g/mol. The van der Waals surface area contributed by atoms with E-state index in [1.165, 1.54) is 47.4 Å². The Labute approximate surface area is 259 Å². The van der Waals surface area contributed by atoms with Gasteiger partial charge in [0.25, 0.3) is 11.5 Å². The van der Waals surface area contributed by atoms with Crippen LogP contribution in [0.3, 0.4) is 0 Å². The predicted octanol–water partition coefficient (Wildman–Crippen LogP) is 7.54. The predicted molar refractivity (Wildman–Crippen MR) is 171 cm³/mol. The van der Waals surface area contributed by atoms with Gasteiger partial charge in [-0.1, -0.05) is 12.1 Å². The standard InChI is InChI=1S/C34H22FN5O4S/c35-22-6-10-25(11-7-22)40-15-2-5-27(34(40)42)31(41)39-24-8-12-26(13-9-24)43-32-29-28(20-3-1-4-23(36)17-20)30(21-14-16-45-18-21)44-33(29)38-19-37-32/h1-19H,36H2,(H,39,41). The molecule has 3 N–H and O–H groups in total. The summed E-state index contributed by atoms with van der Waals surface area (Å²) < 4.78 is 27.1. The van der Waals surface area contributed by atoms with Gasteiger partial charge in [0.05, 0.1) is 0 Å². The van der Waals surface area contributed by atoms with Crippen molar-refractivity contribution < 1.29 is 18.3 Å². The highest BCUT2D eigenvalue weighted by Crippen LogP contribution is 2.44. The van der Waals surface area contributed by atoms with Crippen molar-refractivity contribution in [2.45, 2.75) is 0 Å². The summed E-state index contributed by atoms with van der Waals surface area (Å²) >= 11 is 1.55. The Kier molecular flexibility index (Phi) is 7.12. The molecule has 0 fully saturated rings. The summed E-state index contributed by atoms with van der Waals surface area (Å²) in [5.74, 6) is 0.341. The molecule has 0 atom stereocenters. The first kappa shape index (κ1) is 27.7. The Hall–Kier alpha value is -6.07. The molecular weight excluding hydrogens is 593 g/mol. The lowest BCUT2D eigenvalue weighted by molar-refractivity contribution is 0.102. The molecule has 1 amide bonds. The maximum atomic E-state index is 13.4. The summed E-state index contributed by atoms with van der Waals surface area (Å²) in [7, 11) is 0. The number of ether oxygens (including phenoxy) is 1. The fourth-order valence-corrected chi connectivity index (χ4v) is 5.57. The molecule has 4 aromatic heterocycles. The molecule has 0 bridgehead atoms. The number of nitrogens with two attached hydrogens (primary N) is 1. The number of anilines is 2. The highest BCUT2D eigenvalue weighted by Gasteiger charge is 2.24. The summed E-state index contributed by atoms with van der Waals surface area (Å²) in [4.78, 5) is 34.8. The van der Waals surface area contributed by atoms with E-state index in [4.69, 9.17) is 14.9 Å². The van der Waals surface area contributed by atoms with Crippen LogP contribution in [0, 0.1) is 5.82 Å². The van der Waals surface area contributed by atoms with Crippen molar-refractivity contribution in [3.63, 3.8) is 0 Å². The summed E-state index contributed by atoms with van der Waals surface area (Å²) in [6.45, 7) is 0. The minimum absolute atomic E-state index is 0.0685. The zero-order valence-electron chi connectivity index (χ0n) is 23.3. The number of thiophene rings is 1. The van der Waals surface area contributed by atoms with Crippen LogP contribution in [-0.2, 0) is 0 Å². The molecule has 11 heteroatoms. The van der Waals surface area contributed by atoms with Crippen LogP contribution >= 0.6 is 11.3 Å². The van der Waals surface area contributed by atoms with Crippen LogP contribution < -0.4 is 21.3 Å². The van der Waals surface area contributed by atoms with Gasteiger partial charge in [0, 0.05) is 39.8 Å². The molecule has 0 saturated carbocycles. The molecular formula is C34H22FN5O4S. The van der Waals surface area contributed by atoms with Gasteiger partial charge in [0.1, 0.15) is 34.6 Å². The first-order chi connectivity index (χ1) is 21.9. The Morgan fingerprint density at radius 2 is 1.78 bits per heavy atom. The number of benzene rings is 3. The molecule has 45 heavy (non-hydrogen) atoms. The van der Waals surface area contributed by atoms with Gasteiger partial charge >= 0.3 is 0 Å². The van der Waals surface area contributed by atoms with E-state index in [2.05, 4.69) is 15.3 Å². The molecule has 220 valence electrons. The number of pyridine rings is 1. The fourth-order valence-electron chi connectivity index (χ4n) is 4.94. The SMILES string of the molecule is Nc1cccc(-c2c(-c3ccsc3)oc3ncnc(Oc4ccc(NC(=O)c5cccn(-c6ccc(F)cc6)c5=O)cc4)c23)c1. The van der Waals surface area contributed by atoms with Gasteiger partial charge in [-0.2, -0.15) is 11.3 Å². The van der Waals surface area contributed by atoms with Crippen molar-refractivity contribution in [2.24, 2.45) is 0 Å². The van der Waals surface area contributed by atoms with Crippen molar-refractivity contribution in [2.75, 3.05) is 11.1 Å². The van der Waals surface area contributed by atoms with Crippen LogP contribution in [0.1, 0.15) is 10.4 Å². The number of hydrogen-bond acceptors (Lipinski definition) is 8. The second-order valence-corrected chi connectivity index (χ2v) is 10.7. The van der Waals surface area contributed by atoms with Crippen LogP contribution in [0.15, 0.2) is 123 Å². The Morgan fingerprint density at radius 1 is 0.956 bits per heavy atom. The van der Waals surface area contributed by atoms with Crippen molar-refractivity contribution >= 4 is 39.7 Å². The average Bonchev–Trinajstić information content (AvgIpc) is 3.72. The number of rotatable bonds is 7. The number of nitrogens with one attached hydrogen (secondary N) is 1. The second-order valence-electron chi connectivity index (χ2n) is 9.96. The number of hydrogen-bond donors (Lipinski definition) is 2. The van der Waals surface area contributed by atoms with E-state index in [-0.39, 0.29) is 11.4 Å². The molecule has 7 rings (SSSR count). The first-order valence-electron chi connectivity index (χ1n) is 13.7. The normalized spacial score (nSPS) is 11.0. The molecule has 0 unspecified atom stereocenters. The molecule has 0 spiro atoms. The van der Waals surface area contributed by atoms with Crippen LogP contribution in [0.4, 0.5) is 15.8 Å². The van der Waals surface area contributed by atoms with Gasteiger partial charge in [-0.15, -0.1) is 0 Å². The van der Waals surface area contributed by atoms with Crippen molar-refractivity contribution in [3.05, 3.63) is 136 Å². The second kappa shape index (κ2) is 11.5. The van der Waals surface area contributed by atoms with E-state index in [0.717, 1.165) is 16.7 Å². The van der Waals surface area contributed by atoms with E-state index in [1.807, 2.05) is 41.1 Å². The summed E-state index contributed by atoms with van der Waals surface area (Å²) in [6, 6.07) is 24.5. The van der Waals surface area contributed by atoms with Crippen LogP contribution in [-0.4, -0.2) is 20.4 Å². The van der Waals surface area contributed by atoms with Crippen LogP contribution in [0.5, 0.6) is 11.6 Å². The third-order valence-corrected chi connectivity index (χ3v) is 7.72. The lowest BCUT2D eigenvalue weighted by atomic mass is 10.0. The quantitative estimate of drug-likeness (QED) is 0.178. The summed E-state index contributed by atoms with van der Waals surface area (Å²) in [6.07, 6.45) is 2.89. The Bertz CT molecular complexity index is 2230. The van der Waals surface area contributed by atoms with Crippen molar-refractivity contribution in [1.82, 2.24) is 14.5 Å². The third-order valence-electron chi connectivity index (χ3n) is 7.04. The zero-order chi connectivity index (χ0) is 30.9. The molecule has 9 nitrogen and oxygen atoms in total. The smallest absolute Gasteiger partial charge is 0.267 e. The molecule has 4 heterocycles. The number of halogens is 1. The van der Waals surface area contributed by atoms with Gasteiger partial charge in [0.2, 0.25) is 11.6 Å². The van der Waals surface area contributed by atoms with Crippen molar-refractivity contribution in [3.8, 4) is 39.8 Å². The van der Waals surface area contributed by atoms with Gasteiger partial charge in [-0.25, -0.2) is 14.4 Å². The lowest BCUT2D eigenvalue weighted by Gasteiger charge is -2.10. The lowest BCUT2D eigenvalue weighted by Crippen LogP contribution is -2.27. The topological polar surface area (TPSA) is 125 Å². The molecule has 7 aromatic rings. The van der Waals surface area contributed by atoms with Gasteiger partial charge in [-0.3, -0.25) is 14.2 Å². The Morgan fingerprint density at radius 3 is 2.53 bits per heavy atom. The molecule has 0 radical (unpaired) electrons. The number of carbonyl (C=O) groups is 1. The van der Waals surface area contributed by atoms with Crippen LogP contribution in [0.25, 0.3) is 39.2 Å². The highest BCUT2D eigenvalue weighted by molar-refractivity contribution is 7.08. The van der Waals surface area contributed by atoms with E-state index in [1.54, 1.807) is 41.7 Å². The minimum atomic E-state index is -0.589. The number of fused-ring (bicyclic) bond motifs is 1. The van der Waals surface area contributed by atoms with Gasteiger partial charge in [0.15, 0.2) is 0 Å². The molecule has 0 saturated heterocycles. The number of amides is 1. The minimum Gasteiger partial charge on any atom is -0.438 e. The molecule has 0 aliphatic rings. The number of carbonyl (C=O) groups excluding carboxylic acids is 1. The van der Waals surface area contributed by atoms with E-state index >= 15 is 0 Å². The van der Waals surface area contributed by atoms with E-state index < -0.39 is 17.3 Å². The van der Waals surface area contributed by atoms with E-state index in [0.29, 0.717) is 39.7 Å². The summed E-state index contributed by atoms with van der Waals surface area (Å²) in [5.41, 5.74) is 9.83. The third kappa shape index (κ3) is 5.43. The van der Waals surface area contributed by atoms with Gasteiger partial charge in [-0.05, 0) is 89.8 Å². The number of nitrogen functional groups attached to an aromatic ring is 1. The number of furan rings is 1. The molecule has 0 aliphatic carbocycles.